The van der Waals surface area contributed by atoms with Crippen LogP contribution in [0.15, 0.2) is 54.9 Å². The first kappa shape index (κ1) is 20.1. The maximum Gasteiger partial charge on any atom is 0.226 e. The number of nitrogens with zero attached hydrogens (tertiary/aromatic N) is 4. The predicted molar refractivity (Wildman–Crippen MR) is 116 cm³/mol. The number of methoxy groups -OCH3 is 1. The van der Waals surface area contributed by atoms with Crippen molar-refractivity contribution in [3.8, 4) is 11.6 Å². The van der Waals surface area contributed by atoms with E-state index in [1.54, 1.807) is 7.11 Å². The first-order valence-electron chi connectivity index (χ1n) is 10.6. The van der Waals surface area contributed by atoms with Crippen molar-refractivity contribution < 1.29 is 9.53 Å². The minimum absolute atomic E-state index is 0.186. The smallest absolute Gasteiger partial charge is 0.226 e. The van der Waals surface area contributed by atoms with Crippen molar-refractivity contribution in [3.05, 3.63) is 71.9 Å². The Labute approximate surface area is 177 Å². The number of ether oxygens (including phenoxy) is 1. The molecule has 1 saturated heterocycles. The Hall–Kier alpha value is -3.15. The van der Waals surface area contributed by atoms with Crippen LogP contribution in [0.5, 0.6) is 5.75 Å². The van der Waals surface area contributed by atoms with Crippen LogP contribution in [0.3, 0.4) is 0 Å². The quantitative estimate of drug-likeness (QED) is 0.627. The fourth-order valence-corrected chi connectivity index (χ4v) is 4.06. The van der Waals surface area contributed by atoms with Gasteiger partial charge in [-0.25, -0.2) is 9.97 Å². The van der Waals surface area contributed by atoms with Crippen LogP contribution in [0.1, 0.15) is 42.8 Å². The normalized spacial score (nSPS) is 14.7. The highest BCUT2D eigenvalue weighted by Gasteiger charge is 2.25. The number of benzene rings is 1. The van der Waals surface area contributed by atoms with Gasteiger partial charge in [-0.2, -0.15) is 0 Å². The van der Waals surface area contributed by atoms with Gasteiger partial charge in [-0.1, -0.05) is 25.1 Å². The Morgan fingerprint density at radius 3 is 2.60 bits per heavy atom. The van der Waals surface area contributed by atoms with Crippen molar-refractivity contribution in [2.75, 3.05) is 20.2 Å². The molecule has 30 heavy (non-hydrogen) atoms. The zero-order valence-corrected chi connectivity index (χ0v) is 17.6. The van der Waals surface area contributed by atoms with Crippen molar-refractivity contribution in [3.63, 3.8) is 0 Å². The van der Waals surface area contributed by atoms with E-state index in [9.17, 15) is 4.79 Å². The molecule has 156 valence electrons. The SMILES string of the molecule is CCc1nccn1-c1cccc(C2CCN(C(=O)Cc3ccc(OC)cc3)CC2)n1. The Bertz CT molecular complexity index is 988. The Balaban J connectivity index is 1.37. The average molecular weight is 405 g/mol. The number of carbonyl (C=O) groups is 1. The van der Waals surface area contributed by atoms with Gasteiger partial charge in [0.2, 0.25) is 5.91 Å². The maximum absolute atomic E-state index is 12.7. The molecule has 0 spiro atoms. The summed E-state index contributed by atoms with van der Waals surface area (Å²) in [5.74, 6) is 3.30. The van der Waals surface area contributed by atoms with Crippen molar-refractivity contribution in [1.29, 1.82) is 0 Å². The number of piperidine rings is 1. The molecule has 6 nitrogen and oxygen atoms in total. The number of aromatic nitrogens is 3. The minimum atomic E-state index is 0.186. The molecule has 0 aliphatic carbocycles. The second kappa shape index (κ2) is 9.11. The van der Waals surface area contributed by atoms with Crippen LogP contribution in [-0.4, -0.2) is 45.5 Å². The molecule has 3 heterocycles. The van der Waals surface area contributed by atoms with Crippen molar-refractivity contribution in [1.82, 2.24) is 19.4 Å². The van der Waals surface area contributed by atoms with Gasteiger partial charge in [0.25, 0.3) is 0 Å². The van der Waals surface area contributed by atoms with Crippen LogP contribution in [-0.2, 0) is 17.6 Å². The third kappa shape index (κ3) is 4.37. The molecule has 1 amide bonds. The van der Waals surface area contributed by atoms with E-state index in [0.717, 1.165) is 61.0 Å². The van der Waals surface area contributed by atoms with Gasteiger partial charge in [0.1, 0.15) is 17.4 Å². The summed E-state index contributed by atoms with van der Waals surface area (Å²) in [6.45, 7) is 3.65. The summed E-state index contributed by atoms with van der Waals surface area (Å²) in [7, 11) is 1.65. The van der Waals surface area contributed by atoms with Gasteiger partial charge in [0.05, 0.1) is 13.5 Å². The number of aryl methyl sites for hydroxylation is 1. The number of rotatable bonds is 6. The maximum atomic E-state index is 12.7. The standard InChI is InChI=1S/C24H28N4O2/c1-3-22-25-13-16-28(22)23-6-4-5-21(26-23)19-11-14-27(15-12-19)24(29)17-18-7-9-20(30-2)10-8-18/h4-10,13,16,19H,3,11-12,14-15,17H2,1-2H3. The summed E-state index contributed by atoms with van der Waals surface area (Å²) >= 11 is 0. The second-order valence-corrected chi connectivity index (χ2v) is 7.67. The lowest BCUT2D eigenvalue weighted by Gasteiger charge is -2.32. The van der Waals surface area contributed by atoms with E-state index in [1.165, 1.54) is 0 Å². The van der Waals surface area contributed by atoms with Crippen LogP contribution in [0.25, 0.3) is 5.82 Å². The first-order chi connectivity index (χ1) is 14.7. The second-order valence-electron chi connectivity index (χ2n) is 7.67. The van der Waals surface area contributed by atoms with Crippen molar-refractivity contribution in [2.24, 2.45) is 0 Å². The number of pyridine rings is 1. The molecular formula is C24H28N4O2. The first-order valence-corrected chi connectivity index (χ1v) is 10.6. The summed E-state index contributed by atoms with van der Waals surface area (Å²) < 4.78 is 7.24. The van der Waals surface area contributed by atoms with E-state index >= 15 is 0 Å². The third-order valence-electron chi connectivity index (χ3n) is 5.82. The third-order valence-corrected chi connectivity index (χ3v) is 5.82. The Morgan fingerprint density at radius 1 is 1.13 bits per heavy atom. The zero-order chi connectivity index (χ0) is 20.9. The van der Waals surface area contributed by atoms with Gasteiger partial charge in [0, 0.05) is 43.5 Å². The number of amides is 1. The van der Waals surface area contributed by atoms with Crippen LogP contribution >= 0.6 is 0 Å². The predicted octanol–water partition coefficient (Wildman–Crippen LogP) is 3.79. The number of hydrogen-bond acceptors (Lipinski definition) is 4. The summed E-state index contributed by atoms with van der Waals surface area (Å²) in [6, 6.07) is 13.9. The molecule has 2 aromatic heterocycles. The van der Waals surface area contributed by atoms with E-state index in [-0.39, 0.29) is 5.91 Å². The van der Waals surface area contributed by atoms with Gasteiger partial charge in [-0.05, 0) is 42.7 Å². The molecule has 1 aliphatic heterocycles. The molecule has 0 unspecified atom stereocenters. The van der Waals surface area contributed by atoms with Crippen molar-refractivity contribution in [2.45, 2.75) is 38.5 Å². The zero-order valence-electron chi connectivity index (χ0n) is 17.6. The highest BCUT2D eigenvalue weighted by atomic mass is 16.5. The topological polar surface area (TPSA) is 60.2 Å². The van der Waals surface area contributed by atoms with Gasteiger partial charge in [-0.3, -0.25) is 9.36 Å². The lowest BCUT2D eigenvalue weighted by atomic mass is 9.92. The number of likely N-dealkylation sites (tertiary alicyclic amines) is 1. The Kier molecular flexibility index (Phi) is 6.12. The van der Waals surface area contributed by atoms with Crippen molar-refractivity contribution >= 4 is 5.91 Å². The van der Waals surface area contributed by atoms with E-state index in [2.05, 4.69) is 28.6 Å². The highest BCUT2D eigenvalue weighted by Crippen LogP contribution is 2.28. The number of carbonyl (C=O) groups excluding carboxylic acids is 1. The molecule has 1 fully saturated rings. The average Bonchev–Trinajstić information content (AvgIpc) is 3.29. The Morgan fingerprint density at radius 2 is 1.90 bits per heavy atom. The van der Waals surface area contributed by atoms with E-state index < -0.39 is 0 Å². The van der Waals surface area contributed by atoms with Gasteiger partial charge >= 0.3 is 0 Å². The van der Waals surface area contributed by atoms with Crippen LogP contribution in [0, 0.1) is 0 Å². The monoisotopic (exact) mass is 404 g/mol. The molecule has 1 aromatic carbocycles. The number of hydrogen-bond donors (Lipinski definition) is 0. The summed E-state index contributed by atoms with van der Waals surface area (Å²) in [5.41, 5.74) is 2.12. The molecule has 4 rings (SSSR count). The summed E-state index contributed by atoms with van der Waals surface area (Å²) in [4.78, 5) is 24.0. The molecule has 0 saturated carbocycles. The highest BCUT2D eigenvalue weighted by molar-refractivity contribution is 5.79. The van der Waals surface area contributed by atoms with E-state index in [0.29, 0.717) is 12.3 Å². The molecule has 0 bridgehead atoms. The summed E-state index contributed by atoms with van der Waals surface area (Å²) in [5, 5.41) is 0. The lowest BCUT2D eigenvalue weighted by molar-refractivity contribution is -0.131. The minimum Gasteiger partial charge on any atom is -0.497 e. The molecule has 0 atom stereocenters. The van der Waals surface area contributed by atoms with Gasteiger partial charge in [-0.15, -0.1) is 0 Å². The number of imidazole rings is 1. The van der Waals surface area contributed by atoms with Gasteiger partial charge < -0.3 is 9.64 Å². The molecule has 1 aliphatic rings. The summed E-state index contributed by atoms with van der Waals surface area (Å²) in [6.07, 6.45) is 6.96. The molecule has 0 radical (unpaired) electrons. The van der Waals surface area contributed by atoms with Gasteiger partial charge in [0.15, 0.2) is 0 Å². The lowest BCUT2D eigenvalue weighted by Crippen LogP contribution is -2.38. The van der Waals surface area contributed by atoms with Crippen LogP contribution in [0.4, 0.5) is 0 Å². The van der Waals surface area contributed by atoms with E-state index in [4.69, 9.17) is 9.72 Å². The molecule has 3 aromatic rings. The molecule has 0 N–H and O–H groups in total. The fraction of sp³-hybridized carbons (Fsp3) is 0.375. The molecular weight excluding hydrogens is 376 g/mol. The molecule has 6 heteroatoms. The van der Waals surface area contributed by atoms with E-state index in [1.807, 2.05) is 47.6 Å². The fourth-order valence-electron chi connectivity index (χ4n) is 4.06. The largest absolute Gasteiger partial charge is 0.497 e. The van der Waals surface area contributed by atoms with Crippen LogP contribution in [0.2, 0.25) is 0 Å². The van der Waals surface area contributed by atoms with Crippen LogP contribution < -0.4 is 4.74 Å².